The van der Waals surface area contributed by atoms with E-state index >= 15 is 0 Å². The first-order chi connectivity index (χ1) is 15.4. The molecule has 0 bridgehead atoms. The molecule has 8 nitrogen and oxygen atoms in total. The zero-order chi connectivity index (χ0) is 22.7. The van der Waals surface area contributed by atoms with Crippen molar-refractivity contribution in [2.24, 2.45) is 0 Å². The average molecular weight is 470 g/mol. The lowest BCUT2D eigenvalue weighted by Gasteiger charge is -2.09. The van der Waals surface area contributed by atoms with Crippen LogP contribution in [-0.2, 0) is 14.8 Å². The number of esters is 1. The summed E-state index contributed by atoms with van der Waals surface area (Å²) in [4.78, 5) is 17.5. The molecule has 4 rings (SSSR count). The van der Waals surface area contributed by atoms with Gasteiger partial charge in [0.05, 0.1) is 17.0 Å². The molecule has 2 aromatic heterocycles. The van der Waals surface area contributed by atoms with Gasteiger partial charge in [-0.2, -0.15) is 4.98 Å². The van der Waals surface area contributed by atoms with Crippen molar-refractivity contribution < 1.29 is 22.5 Å². The highest BCUT2D eigenvalue weighted by molar-refractivity contribution is 7.93. The lowest BCUT2D eigenvalue weighted by Crippen LogP contribution is -2.14. The molecule has 0 radical (unpaired) electrons. The monoisotopic (exact) mass is 469 g/mol. The smallest absolute Gasteiger partial charge is 0.338 e. The number of hydrogen-bond donors (Lipinski definition) is 1. The summed E-state index contributed by atoms with van der Waals surface area (Å²) in [6, 6.07) is 17.0. The minimum absolute atomic E-state index is 0.0958. The van der Waals surface area contributed by atoms with Crippen molar-refractivity contribution in [3.63, 3.8) is 0 Å². The minimum Gasteiger partial charge on any atom is -0.462 e. The molecule has 0 spiro atoms. The van der Waals surface area contributed by atoms with Crippen LogP contribution in [0.2, 0.25) is 0 Å². The number of rotatable bonds is 7. The molecule has 1 N–H and O–H groups in total. The number of carbonyl (C=O) groups excluding carboxylic acids is 1. The van der Waals surface area contributed by atoms with Crippen LogP contribution in [0, 0.1) is 6.92 Å². The highest BCUT2D eigenvalue weighted by atomic mass is 32.2. The molecule has 2 aromatic carbocycles. The Kier molecular flexibility index (Phi) is 6.06. The molecule has 0 saturated heterocycles. The Hall–Kier alpha value is -3.50. The molecule has 4 aromatic rings. The van der Waals surface area contributed by atoms with Gasteiger partial charge < -0.3 is 9.26 Å². The second kappa shape index (κ2) is 8.93. The maximum Gasteiger partial charge on any atom is 0.338 e. The Balaban J connectivity index is 1.59. The highest BCUT2D eigenvalue weighted by Gasteiger charge is 2.23. The summed E-state index contributed by atoms with van der Waals surface area (Å²) in [5.41, 5.74) is 1.31. The standard InChI is InChI=1S/C22H19N3O5S2/c1-3-29-22(26)16-10-7-11-17(12-16)25-32(27,28)19-13-18(31-14(19)2)21-23-20(24-30-21)15-8-5-4-6-9-15/h4-13,25H,3H2,1-2H3. The minimum atomic E-state index is -3.91. The second-order valence-electron chi connectivity index (χ2n) is 6.73. The number of benzene rings is 2. The molecule has 164 valence electrons. The molecular formula is C22H19N3O5S2. The van der Waals surface area contributed by atoms with Crippen molar-refractivity contribution in [3.8, 4) is 22.2 Å². The molecule has 10 heteroatoms. The van der Waals surface area contributed by atoms with Gasteiger partial charge in [0.15, 0.2) is 0 Å². The first kappa shape index (κ1) is 21.7. The number of ether oxygens (including phenoxy) is 1. The van der Waals surface area contributed by atoms with Crippen LogP contribution in [0.4, 0.5) is 5.69 Å². The van der Waals surface area contributed by atoms with Gasteiger partial charge in [0, 0.05) is 16.1 Å². The quantitative estimate of drug-likeness (QED) is 0.389. The van der Waals surface area contributed by atoms with E-state index < -0.39 is 16.0 Å². The van der Waals surface area contributed by atoms with Gasteiger partial charge in [0.25, 0.3) is 15.9 Å². The van der Waals surface area contributed by atoms with Crippen LogP contribution >= 0.6 is 11.3 Å². The number of carbonyl (C=O) groups is 1. The largest absolute Gasteiger partial charge is 0.462 e. The maximum atomic E-state index is 13.0. The summed E-state index contributed by atoms with van der Waals surface area (Å²) in [5, 5.41) is 3.98. The molecule has 0 aliphatic rings. The second-order valence-corrected chi connectivity index (χ2v) is 9.63. The third-order valence-corrected chi connectivity index (χ3v) is 7.13. The van der Waals surface area contributed by atoms with Crippen LogP contribution in [-0.4, -0.2) is 31.1 Å². The van der Waals surface area contributed by atoms with Crippen LogP contribution in [0.15, 0.2) is 70.1 Å². The van der Waals surface area contributed by atoms with Crippen molar-refractivity contribution in [1.82, 2.24) is 10.1 Å². The fraction of sp³-hybridized carbons (Fsp3) is 0.136. The van der Waals surface area contributed by atoms with E-state index in [4.69, 9.17) is 9.26 Å². The zero-order valence-corrected chi connectivity index (χ0v) is 18.9. The van der Waals surface area contributed by atoms with Crippen molar-refractivity contribution in [2.75, 3.05) is 11.3 Å². The summed E-state index contributed by atoms with van der Waals surface area (Å²) in [6.07, 6.45) is 0. The Labute approximate surface area is 188 Å². The first-order valence-electron chi connectivity index (χ1n) is 9.67. The van der Waals surface area contributed by atoms with E-state index in [9.17, 15) is 13.2 Å². The number of anilines is 1. The Morgan fingerprint density at radius 1 is 1.12 bits per heavy atom. The zero-order valence-electron chi connectivity index (χ0n) is 17.2. The first-order valence-corrected chi connectivity index (χ1v) is 12.0. The number of hydrogen-bond acceptors (Lipinski definition) is 8. The van der Waals surface area contributed by atoms with E-state index in [0.29, 0.717) is 15.6 Å². The lowest BCUT2D eigenvalue weighted by atomic mass is 10.2. The van der Waals surface area contributed by atoms with Gasteiger partial charge in [-0.1, -0.05) is 41.6 Å². The van der Waals surface area contributed by atoms with Crippen molar-refractivity contribution in [3.05, 3.63) is 71.1 Å². The Bertz CT molecular complexity index is 1360. The predicted molar refractivity (Wildman–Crippen MR) is 121 cm³/mol. The third kappa shape index (κ3) is 4.56. The van der Waals surface area contributed by atoms with Gasteiger partial charge in [-0.15, -0.1) is 11.3 Å². The number of thiophene rings is 1. The molecule has 2 heterocycles. The molecule has 0 atom stereocenters. The van der Waals surface area contributed by atoms with E-state index in [0.717, 1.165) is 5.56 Å². The fourth-order valence-corrected chi connectivity index (χ4v) is 5.56. The van der Waals surface area contributed by atoms with Gasteiger partial charge in [-0.05, 0) is 38.1 Å². The molecule has 0 fully saturated rings. The van der Waals surface area contributed by atoms with E-state index in [-0.39, 0.29) is 28.6 Å². The van der Waals surface area contributed by atoms with Crippen molar-refractivity contribution in [2.45, 2.75) is 18.7 Å². The Morgan fingerprint density at radius 2 is 1.91 bits per heavy atom. The molecule has 0 unspecified atom stereocenters. The number of aromatic nitrogens is 2. The molecular weight excluding hydrogens is 450 g/mol. The summed E-state index contributed by atoms with van der Waals surface area (Å²) in [6.45, 7) is 3.63. The Morgan fingerprint density at radius 3 is 2.66 bits per heavy atom. The maximum absolute atomic E-state index is 13.0. The van der Waals surface area contributed by atoms with E-state index in [1.807, 2.05) is 30.3 Å². The van der Waals surface area contributed by atoms with Gasteiger partial charge in [-0.3, -0.25) is 4.72 Å². The number of aryl methyl sites for hydroxylation is 1. The molecule has 0 aliphatic heterocycles. The van der Waals surface area contributed by atoms with Gasteiger partial charge in [-0.25, -0.2) is 13.2 Å². The van der Waals surface area contributed by atoms with Gasteiger partial charge in [0.1, 0.15) is 4.90 Å². The van der Waals surface area contributed by atoms with E-state index in [1.165, 1.54) is 23.5 Å². The summed E-state index contributed by atoms with van der Waals surface area (Å²) >= 11 is 1.24. The summed E-state index contributed by atoms with van der Waals surface area (Å²) < 4.78 is 38.9. The molecule has 0 aliphatic carbocycles. The van der Waals surface area contributed by atoms with Crippen LogP contribution in [0.25, 0.3) is 22.2 Å². The number of sulfonamides is 1. The van der Waals surface area contributed by atoms with Gasteiger partial charge in [0.2, 0.25) is 5.82 Å². The SMILES string of the molecule is CCOC(=O)c1cccc(NS(=O)(=O)c2cc(-c3nc(-c4ccccc4)no3)sc2C)c1. The molecule has 0 saturated carbocycles. The van der Waals surface area contributed by atoms with Crippen molar-refractivity contribution >= 4 is 33.0 Å². The average Bonchev–Trinajstić information content (AvgIpc) is 3.42. The number of nitrogens with one attached hydrogen (secondary N) is 1. The van der Waals surface area contributed by atoms with Crippen LogP contribution < -0.4 is 4.72 Å². The predicted octanol–water partition coefficient (Wildman–Crippen LogP) is 4.75. The van der Waals surface area contributed by atoms with Gasteiger partial charge >= 0.3 is 5.97 Å². The van der Waals surface area contributed by atoms with Crippen LogP contribution in [0.1, 0.15) is 22.2 Å². The molecule has 32 heavy (non-hydrogen) atoms. The molecule has 0 amide bonds. The van der Waals surface area contributed by atoms with E-state index in [2.05, 4.69) is 14.9 Å². The lowest BCUT2D eigenvalue weighted by molar-refractivity contribution is 0.0526. The van der Waals surface area contributed by atoms with E-state index in [1.54, 1.807) is 32.0 Å². The topological polar surface area (TPSA) is 111 Å². The highest BCUT2D eigenvalue weighted by Crippen LogP contribution is 2.34. The fourth-order valence-electron chi connectivity index (χ4n) is 3.00. The normalized spacial score (nSPS) is 11.3. The summed E-state index contributed by atoms with van der Waals surface area (Å²) in [7, 11) is -3.91. The van der Waals surface area contributed by atoms with Crippen LogP contribution in [0.3, 0.4) is 0 Å². The third-order valence-electron chi connectivity index (χ3n) is 4.46. The van der Waals surface area contributed by atoms with Crippen molar-refractivity contribution in [1.29, 1.82) is 0 Å². The summed E-state index contributed by atoms with van der Waals surface area (Å²) in [5.74, 6) is 0.140. The number of nitrogens with zero attached hydrogens (tertiary/aromatic N) is 2. The van der Waals surface area contributed by atoms with Crippen LogP contribution in [0.5, 0.6) is 0 Å².